The molecule has 0 fully saturated rings. The van der Waals surface area contributed by atoms with Gasteiger partial charge in [0.05, 0.1) is 12.4 Å². The van der Waals surface area contributed by atoms with Crippen LogP contribution in [0.15, 0.2) is 29.2 Å². The van der Waals surface area contributed by atoms with Gasteiger partial charge >= 0.3 is 0 Å². The van der Waals surface area contributed by atoms with E-state index in [2.05, 4.69) is 15.4 Å². The molecule has 0 unspecified atom stereocenters. The molecule has 0 bridgehead atoms. The molecule has 2 heterocycles. The van der Waals surface area contributed by atoms with Crippen LogP contribution in [0.1, 0.15) is 16.1 Å². The maximum Gasteiger partial charge on any atom is 0.274 e. The molecule has 0 aromatic carbocycles. The van der Waals surface area contributed by atoms with Crippen molar-refractivity contribution in [1.29, 1.82) is 0 Å². The zero-order chi connectivity index (χ0) is 13.0. The minimum atomic E-state index is -0.169. The zero-order valence-corrected chi connectivity index (χ0v) is 10.6. The Kier molecular flexibility index (Phi) is 3.85. The first-order valence-corrected chi connectivity index (χ1v) is 6.20. The van der Waals surface area contributed by atoms with Gasteiger partial charge in [-0.25, -0.2) is 15.8 Å². The van der Waals surface area contributed by atoms with Gasteiger partial charge in [0.15, 0.2) is 5.82 Å². The first-order chi connectivity index (χ1) is 8.70. The fourth-order valence-electron chi connectivity index (χ4n) is 1.44. The van der Waals surface area contributed by atoms with Crippen LogP contribution in [0.3, 0.4) is 0 Å². The van der Waals surface area contributed by atoms with Crippen LogP contribution in [0.25, 0.3) is 0 Å². The summed E-state index contributed by atoms with van der Waals surface area (Å²) in [6, 6.07) is 1.99. The van der Waals surface area contributed by atoms with Gasteiger partial charge in [-0.1, -0.05) is 0 Å². The van der Waals surface area contributed by atoms with E-state index in [-0.39, 0.29) is 5.91 Å². The van der Waals surface area contributed by atoms with Crippen LogP contribution in [-0.4, -0.2) is 27.8 Å². The van der Waals surface area contributed by atoms with Crippen molar-refractivity contribution in [2.45, 2.75) is 6.54 Å². The molecular weight excluding hydrogens is 250 g/mol. The van der Waals surface area contributed by atoms with Gasteiger partial charge in [0.1, 0.15) is 5.69 Å². The smallest absolute Gasteiger partial charge is 0.274 e. The van der Waals surface area contributed by atoms with E-state index in [9.17, 15) is 4.79 Å². The first kappa shape index (κ1) is 12.5. The predicted octanol–water partition coefficient (Wildman–Crippen LogP) is 1.10. The highest BCUT2D eigenvalue weighted by atomic mass is 32.1. The highest BCUT2D eigenvalue weighted by Gasteiger charge is 2.14. The number of nitrogens with zero attached hydrogens (tertiary/aromatic N) is 3. The number of anilines is 1. The van der Waals surface area contributed by atoms with Crippen LogP contribution in [0, 0.1) is 0 Å². The molecule has 0 spiro atoms. The summed E-state index contributed by atoms with van der Waals surface area (Å²) in [6.07, 6.45) is 2.83. The largest absolute Gasteiger partial charge is 0.336 e. The van der Waals surface area contributed by atoms with E-state index in [0.717, 1.165) is 5.56 Å². The molecule has 0 aliphatic heterocycles. The summed E-state index contributed by atoms with van der Waals surface area (Å²) in [6.45, 7) is 0.556. The van der Waals surface area contributed by atoms with Crippen LogP contribution in [0.2, 0.25) is 0 Å². The van der Waals surface area contributed by atoms with E-state index >= 15 is 0 Å². The van der Waals surface area contributed by atoms with Gasteiger partial charge < -0.3 is 10.3 Å². The molecule has 0 aliphatic carbocycles. The van der Waals surface area contributed by atoms with E-state index in [4.69, 9.17) is 5.84 Å². The van der Waals surface area contributed by atoms with Gasteiger partial charge in [-0.2, -0.15) is 11.3 Å². The van der Waals surface area contributed by atoms with Gasteiger partial charge in [0.25, 0.3) is 5.91 Å². The number of hydrogen-bond acceptors (Lipinski definition) is 6. The van der Waals surface area contributed by atoms with E-state index in [1.54, 1.807) is 23.3 Å². The zero-order valence-electron chi connectivity index (χ0n) is 9.83. The number of thiophene rings is 1. The molecule has 3 N–H and O–H groups in total. The monoisotopic (exact) mass is 263 g/mol. The van der Waals surface area contributed by atoms with Crippen LogP contribution in [0.4, 0.5) is 5.82 Å². The quantitative estimate of drug-likeness (QED) is 0.637. The van der Waals surface area contributed by atoms with Crippen molar-refractivity contribution >= 4 is 23.1 Å². The van der Waals surface area contributed by atoms with Crippen molar-refractivity contribution in [3.8, 4) is 0 Å². The topological polar surface area (TPSA) is 84.1 Å². The second kappa shape index (κ2) is 5.56. The fourth-order valence-corrected chi connectivity index (χ4v) is 2.10. The maximum absolute atomic E-state index is 12.0. The number of amides is 1. The van der Waals surface area contributed by atoms with Crippen LogP contribution < -0.4 is 11.3 Å². The molecule has 2 rings (SSSR count). The molecule has 94 valence electrons. The summed E-state index contributed by atoms with van der Waals surface area (Å²) in [5.41, 5.74) is 3.76. The standard InChI is InChI=1S/C11H13N5OS/c1-16(6-8-2-3-18-7-8)11(17)9-4-14-10(15-12)5-13-9/h2-5,7H,6,12H2,1H3,(H,14,15). The molecule has 18 heavy (non-hydrogen) atoms. The summed E-state index contributed by atoms with van der Waals surface area (Å²) in [5, 5.41) is 3.99. The number of nitrogens with two attached hydrogens (primary N) is 1. The van der Waals surface area contributed by atoms with E-state index in [1.807, 2.05) is 16.8 Å². The molecule has 1 amide bonds. The summed E-state index contributed by atoms with van der Waals surface area (Å²) in [7, 11) is 1.73. The van der Waals surface area contributed by atoms with E-state index in [1.165, 1.54) is 12.4 Å². The Morgan fingerprint density at radius 3 is 2.89 bits per heavy atom. The van der Waals surface area contributed by atoms with Crippen molar-refractivity contribution in [2.75, 3.05) is 12.5 Å². The summed E-state index contributed by atoms with van der Waals surface area (Å²) < 4.78 is 0. The second-order valence-corrected chi connectivity index (χ2v) is 4.50. The van der Waals surface area contributed by atoms with Gasteiger partial charge in [-0.05, 0) is 22.4 Å². The molecule has 0 radical (unpaired) electrons. The lowest BCUT2D eigenvalue weighted by Gasteiger charge is -2.15. The lowest BCUT2D eigenvalue weighted by molar-refractivity contribution is 0.0779. The Labute approximate surface area is 108 Å². The molecule has 2 aromatic heterocycles. The average Bonchev–Trinajstić information content (AvgIpc) is 2.91. The fraction of sp³-hybridized carbons (Fsp3) is 0.182. The predicted molar refractivity (Wildman–Crippen MR) is 70.0 cm³/mol. The third-order valence-electron chi connectivity index (χ3n) is 2.37. The van der Waals surface area contributed by atoms with Crippen LogP contribution >= 0.6 is 11.3 Å². The minimum Gasteiger partial charge on any atom is -0.336 e. The highest BCUT2D eigenvalue weighted by molar-refractivity contribution is 7.07. The van der Waals surface area contributed by atoms with E-state index < -0.39 is 0 Å². The Morgan fingerprint density at radius 1 is 1.50 bits per heavy atom. The SMILES string of the molecule is CN(Cc1ccsc1)C(=O)c1cnc(NN)cn1. The average molecular weight is 263 g/mol. The number of aromatic nitrogens is 2. The van der Waals surface area contributed by atoms with Crippen molar-refractivity contribution in [3.05, 3.63) is 40.5 Å². The number of nitrogens with one attached hydrogen (secondary N) is 1. The number of rotatable bonds is 4. The number of hydrogen-bond donors (Lipinski definition) is 2. The molecule has 0 aliphatic rings. The van der Waals surface area contributed by atoms with Gasteiger partial charge in [0.2, 0.25) is 0 Å². The van der Waals surface area contributed by atoms with Crippen molar-refractivity contribution in [2.24, 2.45) is 5.84 Å². The molecule has 6 nitrogen and oxygen atoms in total. The molecule has 2 aromatic rings. The lowest BCUT2D eigenvalue weighted by atomic mass is 10.3. The molecule has 0 saturated carbocycles. The van der Waals surface area contributed by atoms with Crippen LogP contribution in [-0.2, 0) is 6.54 Å². The molecule has 0 saturated heterocycles. The maximum atomic E-state index is 12.0. The number of nitrogen functional groups attached to an aromatic ring is 1. The third kappa shape index (κ3) is 2.82. The van der Waals surface area contributed by atoms with Gasteiger partial charge in [0, 0.05) is 13.6 Å². The number of hydrazine groups is 1. The lowest BCUT2D eigenvalue weighted by Crippen LogP contribution is -2.27. The number of carbonyl (C=O) groups excluding carboxylic acids is 1. The number of carbonyl (C=O) groups is 1. The van der Waals surface area contributed by atoms with E-state index in [0.29, 0.717) is 18.1 Å². The van der Waals surface area contributed by atoms with Crippen LogP contribution in [0.5, 0.6) is 0 Å². The second-order valence-electron chi connectivity index (χ2n) is 3.72. The van der Waals surface area contributed by atoms with Gasteiger partial charge in [-0.15, -0.1) is 0 Å². The Balaban J connectivity index is 2.05. The third-order valence-corrected chi connectivity index (χ3v) is 3.10. The summed E-state index contributed by atoms with van der Waals surface area (Å²) in [4.78, 5) is 21.6. The minimum absolute atomic E-state index is 0.169. The molecule has 0 atom stereocenters. The van der Waals surface area contributed by atoms with Gasteiger partial charge in [-0.3, -0.25) is 4.79 Å². The Morgan fingerprint density at radius 2 is 2.33 bits per heavy atom. The van der Waals surface area contributed by atoms with Crippen molar-refractivity contribution < 1.29 is 4.79 Å². The Hall–Kier alpha value is -1.99. The summed E-state index contributed by atoms with van der Waals surface area (Å²) in [5.74, 6) is 5.43. The molecule has 7 heteroatoms. The molecular formula is C11H13N5OS. The van der Waals surface area contributed by atoms with Crippen molar-refractivity contribution in [3.63, 3.8) is 0 Å². The summed E-state index contributed by atoms with van der Waals surface area (Å²) >= 11 is 1.61. The highest BCUT2D eigenvalue weighted by Crippen LogP contribution is 2.10. The van der Waals surface area contributed by atoms with Crippen molar-refractivity contribution in [1.82, 2.24) is 14.9 Å². The first-order valence-electron chi connectivity index (χ1n) is 5.26. The normalized spacial score (nSPS) is 10.1. The Bertz CT molecular complexity index is 511.